The van der Waals surface area contributed by atoms with Gasteiger partial charge in [-0.05, 0) is 24.3 Å². The van der Waals surface area contributed by atoms with Crippen molar-refractivity contribution in [2.45, 2.75) is 32.8 Å². The second-order valence-electron chi connectivity index (χ2n) is 4.97. The van der Waals surface area contributed by atoms with Crippen LogP contribution in [0.25, 0.3) is 0 Å². The molecule has 0 saturated carbocycles. The van der Waals surface area contributed by atoms with Gasteiger partial charge in [0.15, 0.2) is 0 Å². The summed E-state index contributed by atoms with van der Waals surface area (Å²) in [4.78, 5) is 12.9. The summed E-state index contributed by atoms with van der Waals surface area (Å²) < 4.78 is 1.69. The summed E-state index contributed by atoms with van der Waals surface area (Å²) in [6, 6.07) is 3.38. The second-order valence-corrected chi connectivity index (χ2v) is 5.95. The predicted molar refractivity (Wildman–Crippen MR) is 88.3 cm³/mol. The minimum Gasteiger partial charge on any atom is -0.386 e. The molecule has 6 nitrogen and oxygen atoms in total. The van der Waals surface area contributed by atoms with Gasteiger partial charge < -0.3 is 10.4 Å². The Hall–Kier alpha value is -1.86. The van der Waals surface area contributed by atoms with Crippen molar-refractivity contribution in [1.29, 1.82) is 0 Å². The standard InChI is InChI=1S/C15H22N4O2S/c1-4-10-11(5-2)18-19(3)14(10)17-15(21)16-9-12(20)13-7-6-8-22-13/h6-8,12,20H,4-5,9H2,1-3H3,(H2,16,17,21). The summed E-state index contributed by atoms with van der Waals surface area (Å²) in [5.74, 6) is 0.711. The number of amides is 2. The van der Waals surface area contributed by atoms with Gasteiger partial charge in [-0.15, -0.1) is 11.3 Å². The molecule has 120 valence electrons. The summed E-state index contributed by atoms with van der Waals surface area (Å²) in [5.41, 5.74) is 2.05. The molecule has 0 aliphatic heterocycles. The summed E-state index contributed by atoms with van der Waals surface area (Å²) in [6.45, 7) is 4.26. The number of rotatable bonds is 6. The van der Waals surface area contributed by atoms with Gasteiger partial charge in [0.2, 0.25) is 0 Å². The Morgan fingerprint density at radius 1 is 1.45 bits per heavy atom. The van der Waals surface area contributed by atoms with Crippen LogP contribution < -0.4 is 10.6 Å². The van der Waals surface area contributed by atoms with Crippen LogP contribution in [0.3, 0.4) is 0 Å². The van der Waals surface area contributed by atoms with Crippen molar-refractivity contribution >= 4 is 23.2 Å². The highest BCUT2D eigenvalue weighted by Gasteiger charge is 2.16. The van der Waals surface area contributed by atoms with Gasteiger partial charge >= 0.3 is 6.03 Å². The molecule has 1 unspecified atom stereocenters. The highest BCUT2D eigenvalue weighted by Crippen LogP contribution is 2.21. The number of aliphatic hydroxyl groups is 1. The number of aryl methyl sites for hydroxylation is 2. The second kappa shape index (κ2) is 7.42. The zero-order valence-electron chi connectivity index (χ0n) is 13.1. The lowest BCUT2D eigenvalue weighted by Gasteiger charge is -2.12. The van der Waals surface area contributed by atoms with E-state index in [2.05, 4.69) is 15.7 Å². The van der Waals surface area contributed by atoms with Crippen molar-refractivity contribution in [1.82, 2.24) is 15.1 Å². The number of nitrogens with zero attached hydrogens (tertiary/aromatic N) is 2. The average Bonchev–Trinajstić information content (AvgIpc) is 3.13. The topological polar surface area (TPSA) is 79.2 Å². The molecule has 2 heterocycles. The van der Waals surface area contributed by atoms with Crippen molar-refractivity contribution in [2.75, 3.05) is 11.9 Å². The van der Waals surface area contributed by atoms with E-state index in [0.717, 1.165) is 29.0 Å². The number of aliphatic hydroxyl groups excluding tert-OH is 1. The maximum Gasteiger partial charge on any atom is 0.320 e. The predicted octanol–water partition coefficient (Wildman–Crippen LogP) is 2.46. The number of anilines is 1. The maximum absolute atomic E-state index is 12.0. The van der Waals surface area contributed by atoms with E-state index in [4.69, 9.17) is 0 Å². The van der Waals surface area contributed by atoms with Crippen molar-refractivity contribution in [2.24, 2.45) is 7.05 Å². The largest absolute Gasteiger partial charge is 0.386 e. The van der Waals surface area contributed by atoms with Gasteiger partial charge in [0.25, 0.3) is 0 Å². The lowest BCUT2D eigenvalue weighted by atomic mass is 10.1. The van der Waals surface area contributed by atoms with Crippen LogP contribution in [-0.2, 0) is 19.9 Å². The molecule has 3 N–H and O–H groups in total. The molecular weight excluding hydrogens is 300 g/mol. The number of nitrogens with one attached hydrogen (secondary N) is 2. The monoisotopic (exact) mass is 322 g/mol. The highest BCUT2D eigenvalue weighted by atomic mass is 32.1. The summed E-state index contributed by atoms with van der Waals surface area (Å²) in [5, 5.41) is 21.8. The van der Waals surface area contributed by atoms with Crippen LogP contribution in [0.1, 0.15) is 36.1 Å². The molecule has 0 fully saturated rings. The van der Waals surface area contributed by atoms with E-state index in [-0.39, 0.29) is 12.6 Å². The summed E-state index contributed by atoms with van der Waals surface area (Å²) in [7, 11) is 1.81. The van der Waals surface area contributed by atoms with Crippen LogP contribution in [-0.4, -0.2) is 27.5 Å². The first kappa shape index (κ1) is 16.5. The Bertz CT molecular complexity index is 622. The van der Waals surface area contributed by atoms with Crippen molar-refractivity contribution in [3.05, 3.63) is 33.6 Å². The van der Waals surface area contributed by atoms with Crippen LogP contribution in [0.2, 0.25) is 0 Å². The lowest BCUT2D eigenvalue weighted by molar-refractivity contribution is 0.178. The van der Waals surface area contributed by atoms with Crippen molar-refractivity contribution < 1.29 is 9.90 Å². The first-order valence-electron chi connectivity index (χ1n) is 7.37. The fraction of sp³-hybridized carbons (Fsp3) is 0.467. The van der Waals surface area contributed by atoms with E-state index in [1.54, 1.807) is 4.68 Å². The van der Waals surface area contributed by atoms with E-state index in [9.17, 15) is 9.90 Å². The maximum atomic E-state index is 12.0. The number of urea groups is 1. The van der Waals surface area contributed by atoms with E-state index in [1.807, 2.05) is 38.4 Å². The van der Waals surface area contributed by atoms with Gasteiger partial charge in [-0.1, -0.05) is 19.9 Å². The average molecular weight is 322 g/mol. The Balaban J connectivity index is 1.96. The first-order chi connectivity index (χ1) is 10.6. The molecule has 2 amide bonds. The highest BCUT2D eigenvalue weighted by molar-refractivity contribution is 7.10. The third kappa shape index (κ3) is 3.66. The van der Waals surface area contributed by atoms with Crippen LogP contribution in [0.15, 0.2) is 17.5 Å². The van der Waals surface area contributed by atoms with Gasteiger partial charge in [-0.2, -0.15) is 5.10 Å². The number of hydrogen-bond acceptors (Lipinski definition) is 4. The SMILES string of the molecule is CCc1nn(C)c(NC(=O)NCC(O)c2cccs2)c1CC. The van der Waals surface area contributed by atoms with Gasteiger partial charge in [0.05, 0.1) is 12.2 Å². The Kier molecular flexibility index (Phi) is 5.57. The molecule has 2 aromatic heterocycles. The number of carbonyl (C=O) groups excluding carboxylic acids is 1. The fourth-order valence-electron chi connectivity index (χ4n) is 2.36. The van der Waals surface area contributed by atoms with Gasteiger partial charge in [0, 0.05) is 17.5 Å². The molecule has 22 heavy (non-hydrogen) atoms. The molecule has 0 radical (unpaired) electrons. The van der Waals surface area contributed by atoms with Gasteiger partial charge in [-0.25, -0.2) is 4.79 Å². The summed E-state index contributed by atoms with van der Waals surface area (Å²) in [6.07, 6.45) is 0.955. The molecule has 2 rings (SSSR count). The lowest BCUT2D eigenvalue weighted by Crippen LogP contribution is -2.33. The third-order valence-electron chi connectivity index (χ3n) is 3.48. The molecule has 0 aliphatic carbocycles. The van der Waals surface area contributed by atoms with E-state index >= 15 is 0 Å². The Labute approximate surface area is 134 Å². The van der Waals surface area contributed by atoms with Crippen LogP contribution in [0.5, 0.6) is 0 Å². The van der Waals surface area contributed by atoms with E-state index in [0.29, 0.717) is 5.82 Å². The number of aromatic nitrogens is 2. The Morgan fingerprint density at radius 3 is 2.82 bits per heavy atom. The molecule has 2 aromatic rings. The molecule has 0 aromatic carbocycles. The smallest absolute Gasteiger partial charge is 0.320 e. The number of thiophene rings is 1. The van der Waals surface area contributed by atoms with Crippen LogP contribution in [0.4, 0.5) is 10.6 Å². The van der Waals surface area contributed by atoms with Crippen LogP contribution in [0, 0.1) is 0 Å². The molecule has 7 heteroatoms. The van der Waals surface area contributed by atoms with Gasteiger partial charge in [0.1, 0.15) is 11.9 Å². The quantitative estimate of drug-likeness (QED) is 0.764. The Morgan fingerprint density at radius 2 is 2.23 bits per heavy atom. The fourth-order valence-corrected chi connectivity index (χ4v) is 3.07. The van der Waals surface area contributed by atoms with E-state index in [1.165, 1.54) is 11.3 Å². The summed E-state index contributed by atoms with van der Waals surface area (Å²) >= 11 is 1.47. The molecule has 0 bridgehead atoms. The minimum atomic E-state index is -0.686. The minimum absolute atomic E-state index is 0.173. The zero-order chi connectivity index (χ0) is 16.1. The third-order valence-corrected chi connectivity index (χ3v) is 4.45. The molecular formula is C15H22N4O2S. The molecule has 0 spiro atoms. The zero-order valence-corrected chi connectivity index (χ0v) is 13.9. The molecule has 0 aliphatic rings. The van der Waals surface area contributed by atoms with Crippen molar-refractivity contribution in [3.63, 3.8) is 0 Å². The van der Waals surface area contributed by atoms with Crippen LogP contribution >= 0.6 is 11.3 Å². The normalized spacial score (nSPS) is 12.2. The molecule has 0 saturated heterocycles. The van der Waals surface area contributed by atoms with Gasteiger partial charge in [-0.3, -0.25) is 10.00 Å². The number of carbonyl (C=O) groups is 1. The first-order valence-corrected chi connectivity index (χ1v) is 8.25. The molecule has 1 atom stereocenters. The van der Waals surface area contributed by atoms with Crippen molar-refractivity contribution in [3.8, 4) is 0 Å². The van der Waals surface area contributed by atoms with E-state index < -0.39 is 6.10 Å². The number of hydrogen-bond donors (Lipinski definition) is 3.